The summed E-state index contributed by atoms with van der Waals surface area (Å²) in [5, 5.41) is 9.58. The Morgan fingerprint density at radius 2 is 2.11 bits per heavy atom. The Balaban J connectivity index is 2.84. The van der Waals surface area contributed by atoms with Crippen LogP contribution in [-0.4, -0.2) is 23.4 Å². The SMILES string of the molecule is CCOc1cc(CC(C)(C)OC(N)=O)ccc1O. The number of phenolic OH excluding ortho intramolecular Hbond substituents is 1. The molecule has 1 aromatic carbocycles. The van der Waals surface area contributed by atoms with Crippen LogP contribution < -0.4 is 10.5 Å². The maximum absolute atomic E-state index is 10.8. The summed E-state index contributed by atoms with van der Waals surface area (Å²) in [4.78, 5) is 10.8. The van der Waals surface area contributed by atoms with Gasteiger partial charge in [0.15, 0.2) is 11.5 Å². The number of carbonyl (C=O) groups is 1. The average molecular weight is 253 g/mol. The quantitative estimate of drug-likeness (QED) is 0.842. The van der Waals surface area contributed by atoms with E-state index in [2.05, 4.69) is 0 Å². The van der Waals surface area contributed by atoms with E-state index in [0.29, 0.717) is 18.8 Å². The standard InChI is InChI=1S/C13H19NO4/c1-4-17-11-7-9(5-6-10(11)15)8-13(2,3)18-12(14)16/h5-7,15H,4,8H2,1-3H3,(H2,14,16). The normalized spacial score (nSPS) is 11.1. The van der Waals surface area contributed by atoms with E-state index in [4.69, 9.17) is 15.2 Å². The van der Waals surface area contributed by atoms with Gasteiger partial charge in [-0.15, -0.1) is 0 Å². The zero-order valence-corrected chi connectivity index (χ0v) is 10.9. The van der Waals surface area contributed by atoms with Gasteiger partial charge in [0, 0.05) is 6.42 Å². The van der Waals surface area contributed by atoms with Crippen molar-refractivity contribution in [1.82, 2.24) is 0 Å². The molecule has 18 heavy (non-hydrogen) atoms. The smallest absolute Gasteiger partial charge is 0.405 e. The topological polar surface area (TPSA) is 81.8 Å². The highest BCUT2D eigenvalue weighted by atomic mass is 16.6. The molecule has 5 nitrogen and oxygen atoms in total. The summed E-state index contributed by atoms with van der Waals surface area (Å²) in [6, 6.07) is 5.04. The molecule has 3 N–H and O–H groups in total. The first-order valence-corrected chi connectivity index (χ1v) is 5.77. The second kappa shape index (κ2) is 5.62. The molecule has 1 aromatic rings. The highest BCUT2D eigenvalue weighted by Crippen LogP contribution is 2.29. The van der Waals surface area contributed by atoms with Gasteiger partial charge in [-0.1, -0.05) is 6.07 Å². The third kappa shape index (κ3) is 4.16. The van der Waals surface area contributed by atoms with Crippen LogP contribution in [0.1, 0.15) is 26.3 Å². The predicted octanol–water partition coefficient (Wildman–Crippen LogP) is 2.21. The minimum absolute atomic E-state index is 0.0919. The fraction of sp³-hybridized carbons (Fsp3) is 0.462. The molecule has 0 bridgehead atoms. The third-order valence-electron chi connectivity index (χ3n) is 2.33. The van der Waals surface area contributed by atoms with E-state index in [1.165, 1.54) is 0 Å². The number of rotatable bonds is 5. The summed E-state index contributed by atoms with van der Waals surface area (Å²) >= 11 is 0. The monoisotopic (exact) mass is 253 g/mol. The first kappa shape index (κ1) is 14.2. The molecule has 0 atom stereocenters. The van der Waals surface area contributed by atoms with Crippen LogP contribution in [0.3, 0.4) is 0 Å². The van der Waals surface area contributed by atoms with Gasteiger partial charge in [-0.25, -0.2) is 4.79 Å². The minimum Gasteiger partial charge on any atom is -0.504 e. The van der Waals surface area contributed by atoms with Crippen LogP contribution in [0.15, 0.2) is 18.2 Å². The molecule has 0 unspecified atom stereocenters. The number of amides is 1. The van der Waals surface area contributed by atoms with Crippen molar-refractivity contribution in [2.75, 3.05) is 6.61 Å². The Morgan fingerprint density at radius 1 is 1.44 bits per heavy atom. The van der Waals surface area contributed by atoms with Crippen molar-refractivity contribution in [3.8, 4) is 11.5 Å². The van der Waals surface area contributed by atoms with Crippen LogP contribution in [0.25, 0.3) is 0 Å². The second-order valence-electron chi connectivity index (χ2n) is 4.59. The molecule has 1 amide bonds. The average Bonchev–Trinajstić information content (AvgIpc) is 2.21. The number of aromatic hydroxyl groups is 1. The van der Waals surface area contributed by atoms with Crippen molar-refractivity contribution in [1.29, 1.82) is 0 Å². The largest absolute Gasteiger partial charge is 0.504 e. The van der Waals surface area contributed by atoms with Crippen molar-refractivity contribution in [3.63, 3.8) is 0 Å². The Bertz CT molecular complexity index is 429. The lowest BCUT2D eigenvalue weighted by atomic mass is 9.98. The number of carbonyl (C=O) groups excluding carboxylic acids is 1. The summed E-state index contributed by atoms with van der Waals surface area (Å²) in [5.41, 5.74) is 5.20. The van der Waals surface area contributed by atoms with Crippen LogP contribution in [0.4, 0.5) is 4.79 Å². The zero-order chi connectivity index (χ0) is 13.8. The number of hydrogen-bond donors (Lipinski definition) is 2. The molecular formula is C13H19NO4. The molecule has 0 radical (unpaired) electrons. The number of benzene rings is 1. The van der Waals surface area contributed by atoms with Crippen molar-refractivity contribution in [3.05, 3.63) is 23.8 Å². The number of nitrogens with two attached hydrogens (primary N) is 1. The van der Waals surface area contributed by atoms with E-state index in [1.54, 1.807) is 32.0 Å². The summed E-state index contributed by atoms with van der Waals surface area (Å²) < 4.78 is 10.3. The molecule has 0 aliphatic carbocycles. The molecule has 1 rings (SSSR count). The summed E-state index contributed by atoms with van der Waals surface area (Å²) in [6.07, 6.45) is -0.320. The summed E-state index contributed by atoms with van der Waals surface area (Å²) in [7, 11) is 0. The molecule has 0 saturated carbocycles. The minimum atomic E-state index is -0.802. The zero-order valence-electron chi connectivity index (χ0n) is 10.9. The van der Waals surface area contributed by atoms with Gasteiger partial charge in [0.05, 0.1) is 6.61 Å². The second-order valence-corrected chi connectivity index (χ2v) is 4.59. The highest BCUT2D eigenvalue weighted by molar-refractivity contribution is 5.65. The van der Waals surface area contributed by atoms with Crippen LogP contribution in [0, 0.1) is 0 Å². The summed E-state index contributed by atoms with van der Waals surface area (Å²) in [5.74, 6) is 0.513. The Hall–Kier alpha value is -1.91. The number of hydrogen-bond acceptors (Lipinski definition) is 4. The molecule has 0 aromatic heterocycles. The van der Waals surface area contributed by atoms with Gasteiger partial charge in [-0.2, -0.15) is 0 Å². The maximum atomic E-state index is 10.8. The molecular weight excluding hydrogens is 234 g/mol. The van der Waals surface area contributed by atoms with E-state index in [9.17, 15) is 9.90 Å². The molecule has 0 fully saturated rings. The maximum Gasteiger partial charge on any atom is 0.405 e. The van der Waals surface area contributed by atoms with Gasteiger partial charge >= 0.3 is 6.09 Å². The Labute approximate surface area is 107 Å². The van der Waals surface area contributed by atoms with Gasteiger partial charge < -0.3 is 20.3 Å². The van der Waals surface area contributed by atoms with E-state index in [1.807, 2.05) is 6.92 Å². The van der Waals surface area contributed by atoms with Crippen molar-refractivity contribution in [2.45, 2.75) is 32.8 Å². The summed E-state index contributed by atoms with van der Waals surface area (Å²) in [6.45, 7) is 5.85. The van der Waals surface area contributed by atoms with E-state index >= 15 is 0 Å². The number of ether oxygens (including phenoxy) is 2. The van der Waals surface area contributed by atoms with Crippen molar-refractivity contribution < 1.29 is 19.4 Å². The van der Waals surface area contributed by atoms with E-state index in [0.717, 1.165) is 5.56 Å². The fourth-order valence-electron chi connectivity index (χ4n) is 1.74. The van der Waals surface area contributed by atoms with Crippen LogP contribution in [0.5, 0.6) is 11.5 Å². The molecule has 0 aliphatic heterocycles. The van der Waals surface area contributed by atoms with Crippen LogP contribution in [0.2, 0.25) is 0 Å². The van der Waals surface area contributed by atoms with Gasteiger partial charge in [0.1, 0.15) is 5.60 Å². The molecule has 0 spiro atoms. The highest BCUT2D eigenvalue weighted by Gasteiger charge is 2.22. The predicted molar refractivity (Wildman–Crippen MR) is 67.7 cm³/mol. The fourth-order valence-corrected chi connectivity index (χ4v) is 1.74. The molecule has 0 heterocycles. The molecule has 100 valence electrons. The lowest BCUT2D eigenvalue weighted by Crippen LogP contribution is -2.33. The lowest BCUT2D eigenvalue weighted by molar-refractivity contribution is 0.0460. The van der Waals surface area contributed by atoms with Crippen molar-refractivity contribution in [2.24, 2.45) is 5.73 Å². The van der Waals surface area contributed by atoms with Gasteiger partial charge in [0.25, 0.3) is 0 Å². The van der Waals surface area contributed by atoms with Crippen LogP contribution in [-0.2, 0) is 11.2 Å². The number of phenols is 1. The first-order chi connectivity index (χ1) is 8.34. The first-order valence-electron chi connectivity index (χ1n) is 5.77. The Morgan fingerprint density at radius 3 is 2.67 bits per heavy atom. The molecule has 0 saturated heterocycles. The van der Waals surface area contributed by atoms with Gasteiger partial charge in [-0.05, 0) is 38.5 Å². The number of primary amides is 1. The Kier molecular flexibility index (Phi) is 4.42. The van der Waals surface area contributed by atoms with Crippen molar-refractivity contribution >= 4 is 6.09 Å². The molecule has 0 aliphatic rings. The van der Waals surface area contributed by atoms with Gasteiger partial charge in [0.2, 0.25) is 0 Å². The van der Waals surface area contributed by atoms with Crippen LogP contribution >= 0.6 is 0 Å². The van der Waals surface area contributed by atoms with E-state index in [-0.39, 0.29) is 5.75 Å². The lowest BCUT2D eigenvalue weighted by Gasteiger charge is -2.24. The van der Waals surface area contributed by atoms with E-state index < -0.39 is 11.7 Å². The van der Waals surface area contributed by atoms with Gasteiger partial charge in [-0.3, -0.25) is 0 Å². The third-order valence-corrected chi connectivity index (χ3v) is 2.33. The molecule has 5 heteroatoms.